The molecule has 112 valence electrons. The maximum absolute atomic E-state index is 8.75. The fraction of sp³-hybridized carbons (Fsp3) is 0.923. The van der Waals surface area contributed by atoms with Crippen LogP contribution in [0.5, 0.6) is 0 Å². The average Bonchev–Trinajstić information content (AvgIpc) is 2.49. The summed E-state index contributed by atoms with van der Waals surface area (Å²) in [6.45, 7) is 4.47. The molecule has 6 heteroatoms. The third kappa shape index (κ3) is 7.58. The van der Waals surface area contributed by atoms with Gasteiger partial charge in [0.1, 0.15) is 0 Å². The van der Waals surface area contributed by atoms with E-state index in [1.54, 1.807) is 4.90 Å². The van der Waals surface area contributed by atoms with Gasteiger partial charge in [-0.25, -0.2) is 0 Å². The van der Waals surface area contributed by atoms with Crippen LogP contribution in [0.1, 0.15) is 25.7 Å². The van der Waals surface area contributed by atoms with E-state index >= 15 is 0 Å². The van der Waals surface area contributed by atoms with E-state index in [-0.39, 0.29) is 19.0 Å². The summed E-state index contributed by atoms with van der Waals surface area (Å²) in [6.07, 6.45) is 6.32. The van der Waals surface area contributed by atoms with Crippen LogP contribution in [0.15, 0.2) is 0 Å². The van der Waals surface area contributed by atoms with Crippen LogP contribution < -0.4 is 5.32 Å². The number of nitrogens with zero attached hydrogens (tertiary/aromatic N) is 2. The van der Waals surface area contributed by atoms with E-state index in [9.17, 15) is 0 Å². The summed E-state index contributed by atoms with van der Waals surface area (Å²) in [5.41, 5.74) is 0. The first-order chi connectivity index (χ1) is 8.80. The molecule has 0 aromatic rings. The van der Waals surface area contributed by atoms with Crippen LogP contribution in [0.3, 0.4) is 0 Å². The van der Waals surface area contributed by atoms with Gasteiger partial charge in [0.15, 0.2) is 6.19 Å². The number of hydrogen-bond acceptors (Lipinski definition) is 5. The Morgan fingerprint density at radius 3 is 1.84 bits per heavy atom. The number of halogens is 1. The molecule has 2 saturated heterocycles. The first-order valence-corrected chi connectivity index (χ1v) is 6.87. The minimum absolute atomic E-state index is 0. The van der Waals surface area contributed by atoms with Crippen molar-refractivity contribution in [1.29, 1.82) is 5.26 Å². The highest BCUT2D eigenvalue weighted by Crippen LogP contribution is 2.14. The third-order valence-corrected chi connectivity index (χ3v) is 3.73. The summed E-state index contributed by atoms with van der Waals surface area (Å²) in [5, 5.41) is 29.1. The molecule has 0 radical (unpaired) electrons. The highest BCUT2D eigenvalue weighted by atomic mass is 35.5. The van der Waals surface area contributed by atoms with Crippen molar-refractivity contribution in [3.05, 3.63) is 0 Å². The van der Waals surface area contributed by atoms with Gasteiger partial charge in [0.2, 0.25) is 0 Å². The van der Waals surface area contributed by atoms with Crippen molar-refractivity contribution in [1.82, 2.24) is 10.2 Å². The number of rotatable bonds is 2. The Labute approximate surface area is 122 Å². The molecule has 2 fully saturated rings. The van der Waals surface area contributed by atoms with Crippen LogP contribution in [0.2, 0.25) is 0 Å². The van der Waals surface area contributed by atoms with Crippen LogP contribution in [0.4, 0.5) is 0 Å². The quantitative estimate of drug-likeness (QED) is 0.648. The number of aliphatic hydroxyl groups excluding tert-OH is 2. The van der Waals surface area contributed by atoms with Gasteiger partial charge in [0, 0.05) is 26.3 Å². The predicted molar refractivity (Wildman–Crippen MR) is 76.9 cm³/mol. The molecule has 0 unspecified atom stereocenters. The normalized spacial score (nSPS) is 20.8. The van der Waals surface area contributed by atoms with Gasteiger partial charge < -0.3 is 20.4 Å². The number of nitriles is 1. The van der Waals surface area contributed by atoms with Crippen LogP contribution in [0.25, 0.3) is 0 Å². The molecule has 0 aromatic carbocycles. The Hall–Kier alpha value is -0.540. The van der Waals surface area contributed by atoms with Crippen molar-refractivity contribution < 1.29 is 10.2 Å². The molecule has 0 aliphatic carbocycles. The van der Waals surface area contributed by atoms with Crippen molar-refractivity contribution >= 4 is 12.4 Å². The largest absolute Gasteiger partial charge is 0.396 e. The molecule has 2 aliphatic rings. The molecule has 0 atom stereocenters. The predicted octanol–water partition coefficient (Wildman–Crippen LogP) is 0.572. The third-order valence-electron chi connectivity index (χ3n) is 3.73. The molecular formula is C13H26ClN3O2. The van der Waals surface area contributed by atoms with Gasteiger partial charge in [-0.05, 0) is 50.6 Å². The number of nitrogens with one attached hydrogen (secondary N) is 1. The summed E-state index contributed by atoms with van der Waals surface area (Å²) in [5.74, 6) is 1.01. The Balaban J connectivity index is 0.000000331. The second-order valence-corrected chi connectivity index (χ2v) is 5.09. The molecule has 2 aliphatic heterocycles. The average molecular weight is 292 g/mol. The highest BCUT2D eigenvalue weighted by molar-refractivity contribution is 5.85. The molecule has 3 N–H and O–H groups in total. The Morgan fingerprint density at radius 2 is 1.47 bits per heavy atom. The zero-order valence-corrected chi connectivity index (χ0v) is 12.2. The van der Waals surface area contributed by atoms with Gasteiger partial charge >= 0.3 is 0 Å². The molecule has 0 aromatic heterocycles. The fourth-order valence-electron chi connectivity index (χ4n) is 2.28. The number of likely N-dealkylation sites (tertiary alicyclic amines) is 1. The smallest absolute Gasteiger partial charge is 0.179 e. The van der Waals surface area contributed by atoms with Crippen molar-refractivity contribution in [3.8, 4) is 6.19 Å². The van der Waals surface area contributed by atoms with Crippen LogP contribution in [0, 0.1) is 23.3 Å². The molecule has 0 bridgehead atoms. The topological polar surface area (TPSA) is 79.5 Å². The first kappa shape index (κ1) is 18.5. The number of aliphatic hydroxyl groups is 2. The van der Waals surface area contributed by atoms with E-state index in [1.165, 1.54) is 0 Å². The first-order valence-electron chi connectivity index (χ1n) is 6.87. The maximum Gasteiger partial charge on any atom is 0.179 e. The van der Waals surface area contributed by atoms with E-state index in [4.69, 9.17) is 15.5 Å². The van der Waals surface area contributed by atoms with Crippen LogP contribution in [-0.4, -0.2) is 54.5 Å². The van der Waals surface area contributed by atoms with Gasteiger partial charge in [0.05, 0.1) is 0 Å². The summed E-state index contributed by atoms with van der Waals surface area (Å²) in [4.78, 5) is 1.74. The molecule has 0 saturated carbocycles. The maximum atomic E-state index is 8.75. The van der Waals surface area contributed by atoms with Crippen molar-refractivity contribution in [2.24, 2.45) is 11.8 Å². The molecule has 19 heavy (non-hydrogen) atoms. The van der Waals surface area contributed by atoms with E-state index in [0.29, 0.717) is 18.4 Å². The zero-order valence-electron chi connectivity index (χ0n) is 11.4. The minimum Gasteiger partial charge on any atom is -0.396 e. The number of piperidine rings is 2. The lowest BCUT2D eigenvalue weighted by molar-refractivity contribution is 0.161. The second-order valence-electron chi connectivity index (χ2n) is 5.09. The summed E-state index contributed by atoms with van der Waals surface area (Å²) in [6, 6.07) is 0. The van der Waals surface area contributed by atoms with Crippen LogP contribution in [-0.2, 0) is 0 Å². The standard InChI is InChI=1S/C7H12N2O.C6H13NO.ClH/c8-6-9-3-1-7(5-10)2-4-9;8-5-6-1-3-7-4-2-6;/h7,10H,1-5H2;6-8H,1-5H2;1H. The van der Waals surface area contributed by atoms with E-state index in [0.717, 1.165) is 51.9 Å². The van der Waals surface area contributed by atoms with E-state index < -0.39 is 0 Å². The van der Waals surface area contributed by atoms with Gasteiger partial charge in [-0.2, -0.15) is 5.26 Å². The Kier molecular flexibility index (Phi) is 11.0. The molecule has 2 rings (SSSR count). The lowest BCUT2D eigenvalue weighted by Gasteiger charge is -2.26. The highest BCUT2D eigenvalue weighted by Gasteiger charge is 2.16. The van der Waals surface area contributed by atoms with Gasteiger partial charge in [-0.1, -0.05) is 0 Å². The monoisotopic (exact) mass is 291 g/mol. The lowest BCUT2D eigenvalue weighted by Crippen LogP contribution is -2.31. The number of hydrogen-bond donors (Lipinski definition) is 3. The van der Waals surface area contributed by atoms with E-state index in [1.807, 2.05) is 0 Å². The molecule has 2 heterocycles. The molecule has 0 amide bonds. The van der Waals surface area contributed by atoms with Crippen molar-refractivity contribution in [3.63, 3.8) is 0 Å². The van der Waals surface area contributed by atoms with E-state index in [2.05, 4.69) is 11.5 Å². The molecule has 5 nitrogen and oxygen atoms in total. The van der Waals surface area contributed by atoms with Gasteiger partial charge in [-0.3, -0.25) is 0 Å². The van der Waals surface area contributed by atoms with Crippen molar-refractivity contribution in [2.75, 3.05) is 39.4 Å². The zero-order chi connectivity index (χ0) is 13.2. The van der Waals surface area contributed by atoms with Crippen molar-refractivity contribution in [2.45, 2.75) is 25.7 Å². The Bertz CT molecular complexity index is 247. The summed E-state index contributed by atoms with van der Waals surface area (Å²) < 4.78 is 0. The summed E-state index contributed by atoms with van der Waals surface area (Å²) in [7, 11) is 0. The van der Waals surface area contributed by atoms with Gasteiger partial charge in [0.25, 0.3) is 0 Å². The lowest BCUT2D eigenvalue weighted by atomic mass is 9.98. The Morgan fingerprint density at radius 1 is 1.00 bits per heavy atom. The summed E-state index contributed by atoms with van der Waals surface area (Å²) >= 11 is 0. The van der Waals surface area contributed by atoms with Gasteiger partial charge in [-0.15, -0.1) is 12.4 Å². The fourth-order valence-corrected chi connectivity index (χ4v) is 2.28. The molecule has 0 spiro atoms. The minimum atomic E-state index is 0. The molecular weight excluding hydrogens is 266 g/mol. The second kappa shape index (κ2) is 11.3. The SMILES string of the molecule is Cl.N#CN1CCC(CO)CC1.OCC1CCNCC1. The van der Waals surface area contributed by atoms with Crippen LogP contribution >= 0.6 is 12.4 Å².